The van der Waals surface area contributed by atoms with Crippen molar-refractivity contribution in [3.05, 3.63) is 72.2 Å². The summed E-state index contributed by atoms with van der Waals surface area (Å²) < 4.78 is 25.2. The maximum Gasteiger partial charge on any atom is 0.251 e. The molecule has 1 aromatic carbocycles. The topological polar surface area (TPSA) is 109 Å². The predicted octanol–water partition coefficient (Wildman–Crippen LogP) is 4.58. The van der Waals surface area contributed by atoms with Crippen LogP contribution in [-0.4, -0.2) is 75.4 Å². The second kappa shape index (κ2) is 13.0. The molecule has 0 radical (unpaired) electrons. The minimum atomic E-state index is -2.28. The van der Waals surface area contributed by atoms with Gasteiger partial charge in [-0.1, -0.05) is 25.1 Å². The number of halogens is 2. The van der Waals surface area contributed by atoms with Gasteiger partial charge in [0.1, 0.15) is 18.0 Å². The maximum absolute atomic E-state index is 12.6. The van der Waals surface area contributed by atoms with E-state index in [1.54, 1.807) is 31.7 Å². The average molecular weight is 561 g/mol. The van der Waals surface area contributed by atoms with Gasteiger partial charge in [0, 0.05) is 61.5 Å². The van der Waals surface area contributed by atoms with E-state index < -0.39 is 6.43 Å². The first-order valence-corrected chi connectivity index (χ1v) is 13.9. The lowest BCUT2D eigenvalue weighted by Crippen LogP contribution is -2.37. The summed E-state index contributed by atoms with van der Waals surface area (Å²) in [6.07, 6.45) is 6.94. The summed E-state index contributed by atoms with van der Waals surface area (Å²) in [5.74, 6) is 1.79. The van der Waals surface area contributed by atoms with E-state index in [-0.39, 0.29) is 18.4 Å². The number of nitrogens with zero attached hydrogens (tertiary/aromatic N) is 6. The summed E-state index contributed by atoms with van der Waals surface area (Å²) in [7, 11) is 1.62. The van der Waals surface area contributed by atoms with Crippen molar-refractivity contribution < 1.29 is 13.6 Å². The molecule has 4 heterocycles. The Bertz CT molecular complexity index is 1480. The van der Waals surface area contributed by atoms with Crippen LogP contribution in [0.3, 0.4) is 0 Å². The number of alkyl halides is 2. The molecule has 0 saturated carbocycles. The molecule has 214 valence electrons. The van der Waals surface area contributed by atoms with Gasteiger partial charge in [-0.2, -0.15) is 0 Å². The molecular formula is C30H34F2N8O. The molecule has 11 heteroatoms. The number of hydrogen-bond donors (Lipinski definition) is 2. The van der Waals surface area contributed by atoms with Crippen LogP contribution in [0.2, 0.25) is 0 Å². The number of carbonyl (C=O) groups is 1. The van der Waals surface area contributed by atoms with E-state index >= 15 is 0 Å². The Labute approximate surface area is 237 Å². The Morgan fingerprint density at radius 2 is 1.85 bits per heavy atom. The van der Waals surface area contributed by atoms with Crippen molar-refractivity contribution in [2.75, 3.05) is 38.5 Å². The zero-order valence-corrected chi connectivity index (χ0v) is 23.2. The molecule has 1 amide bonds. The Morgan fingerprint density at radius 1 is 1.07 bits per heavy atom. The van der Waals surface area contributed by atoms with Gasteiger partial charge in [0.15, 0.2) is 0 Å². The van der Waals surface area contributed by atoms with E-state index in [4.69, 9.17) is 0 Å². The van der Waals surface area contributed by atoms with E-state index in [0.717, 1.165) is 47.1 Å². The van der Waals surface area contributed by atoms with Crippen LogP contribution in [0.4, 0.5) is 14.6 Å². The number of carbonyl (C=O) groups excluding carboxylic acids is 1. The number of benzene rings is 1. The van der Waals surface area contributed by atoms with Gasteiger partial charge in [0.05, 0.1) is 23.3 Å². The van der Waals surface area contributed by atoms with Crippen molar-refractivity contribution in [2.45, 2.75) is 38.5 Å². The zero-order valence-electron chi connectivity index (χ0n) is 23.2. The van der Waals surface area contributed by atoms with Crippen LogP contribution in [0.15, 0.2) is 55.2 Å². The number of aromatic nitrogens is 5. The fourth-order valence-electron chi connectivity index (χ4n) is 5.33. The quantitative estimate of drug-likeness (QED) is 0.290. The molecule has 5 rings (SSSR count). The molecule has 2 N–H and O–H groups in total. The van der Waals surface area contributed by atoms with E-state index in [1.807, 2.05) is 29.2 Å². The van der Waals surface area contributed by atoms with Crippen molar-refractivity contribution in [3.63, 3.8) is 0 Å². The third-order valence-electron chi connectivity index (χ3n) is 7.64. The summed E-state index contributed by atoms with van der Waals surface area (Å²) in [6, 6.07) is 9.50. The molecule has 0 bridgehead atoms. The molecule has 41 heavy (non-hydrogen) atoms. The van der Waals surface area contributed by atoms with E-state index in [0.29, 0.717) is 42.6 Å². The molecule has 1 fully saturated rings. The number of likely N-dealkylation sites (tertiary alicyclic amines) is 1. The Kier molecular flexibility index (Phi) is 9.03. The summed E-state index contributed by atoms with van der Waals surface area (Å²) in [4.78, 5) is 36.6. The molecule has 4 aromatic rings. The van der Waals surface area contributed by atoms with Crippen LogP contribution >= 0.6 is 0 Å². The van der Waals surface area contributed by atoms with Crippen LogP contribution in [0.25, 0.3) is 22.2 Å². The van der Waals surface area contributed by atoms with E-state index in [9.17, 15) is 13.6 Å². The number of amides is 1. The van der Waals surface area contributed by atoms with Crippen LogP contribution in [0, 0.1) is 5.92 Å². The highest BCUT2D eigenvalue weighted by molar-refractivity contribution is 6.06. The Morgan fingerprint density at radius 3 is 2.59 bits per heavy atom. The van der Waals surface area contributed by atoms with Crippen LogP contribution < -0.4 is 10.6 Å². The summed E-state index contributed by atoms with van der Waals surface area (Å²) >= 11 is 0. The second-order valence-electron chi connectivity index (χ2n) is 10.5. The van der Waals surface area contributed by atoms with Gasteiger partial charge in [-0.15, -0.1) is 0 Å². The standard InChI is InChI=1S/C30H34F2N8O/c1-19(22-4-3-5-23-24(30(41)33-2)6-9-34-29(22)23)14-35-28-13-25(38-18-39-28)21-15-36-27(37-16-21)12-20-7-10-40(11-8-20)17-26(31)32/h3-6,9,13,15-16,18-20,26H,7-8,10-12,14,17H2,1-2H3,(H,33,41)(H,35,38,39)/t19-/m1/s1. The third kappa shape index (κ3) is 6.97. The normalized spacial score (nSPS) is 15.2. The fourth-order valence-corrected chi connectivity index (χ4v) is 5.33. The third-order valence-corrected chi connectivity index (χ3v) is 7.64. The van der Waals surface area contributed by atoms with Crippen molar-refractivity contribution in [1.29, 1.82) is 0 Å². The molecule has 1 saturated heterocycles. The van der Waals surface area contributed by atoms with Crippen LogP contribution in [-0.2, 0) is 6.42 Å². The smallest absolute Gasteiger partial charge is 0.251 e. The number of anilines is 1. The lowest BCUT2D eigenvalue weighted by molar-refractivity contribution is 0.0688. The minimum absolute atomic E-state index is 0.0920. The number of piperidine rings is 1. The van der Waals surface area contributed by atoms with Crippen molar-refractivity contribution in [1.82, 2.24) is 35.1 Å². The summed E-state index contributed by atoms with van der Waals surface area (Å²) in [5, 5.41) is 6.91. The molecule has 3 aromatic heterocycles. The molecule has 1 aliphatic rings. The molecule has 9 nitrogen and oxygen atoms in total. The number of nitrogens with one attached hydrogen (secondary N) is 2. The average Bonchev–Trinajstić information content (AvgIpc) is 3.00. The lowest BCUT2D eigenvalue weighted by atomic mass is 9.93. The van der Waals surface area contributed by atoms with Gasteiger partial charge in [0.2, 0.25) is 0 Å². The van der Waals surface area contributed by atoms with Crippen molar-refractivity contribution in [2.24, 2.45) is 5.92 Å². The zero-order chi connectivity index (χ0) is 28.8. The molecule has 0 spiro atoms. The minimum Gasteiger partial charge on any atom is -0.369 e. The van der Waals surface area contributed by atoms with Crippen LogP contribution in [0.5, 0.6) is 0 Å². The Hall–Kier alpha value is -4.12. The highest BCUT2D eigenvalue weighted by Crippen LogP contribution is 2.27. The Balaban J connectivity index is 1.20. The number of pyridine rings is 1. The molecule has 0 aliphatic carbocycles. The molecular weight excluding hydrogens is 526 g/mol. The molecule has 1 atom stereocenters. The highest BCUT2D eigenvalue weighted by atomic mass is 19.3. The maximum atomic E-state index is 12.6. The van der Waals surface area contributed by atoms with E-state index in [1.165, 1.54) is 6.33 Å². The number of hydrogen-bond acceptors (Lipinski definition) is 8. The van der Waals surface area contributed by atoms with Gasteiger partial charge in [-0.3, -0.25) is 14.7 Å². The first-order valence-electron chi connectivity index (χ1n) is 13.9. The van der Waals surface area contributed by atoms with Crippen molar-refractivity contribution in [3.8, 4) is 11.3 Å². The number of rotatable bonds is 10. The van der Waals surface area contributed by atoms with Gasteiger partial charge in [-0.05, 0) is 43.5 Å². The van der Waals surface area contributed by atoms with Gasteiger partial charge in [-0.25, -0.2) is 28.7 Å². The first kappa shape index (κ1) is 28.4. The van der Waals surface area contributed by atoms with Gasteiger partial charge < -0.3 is 10.6 Å². The van der Waals surface area contributed by atoms with Gasteiger partial charge in [0.25, 0.3) is 12.3 Å². The molecule has 0 unspecified atom stereocenters. The van der Waals surface area contributed by atoms with Crippen LogP contribution in [0.1, 0.15) is 47.4 Å². The monoisotopic (exact) mass is 560 g/mol. The summed E-state index contributed by atoms with van der Waals surface area (Å²) in [5.41, 5.74) is 3.95. The van der Waals surface area contributed by atoms with E-state index in [2.05, 4.69) is 42.5 Å². The summed E-state index contributed by atoms with van der Waals surface area (Å²) in [6.45, 7) is 3.94. The SMILES string of the molecule is CNC(=O)c1ccnc2c([C@H](C)CNc3cc(-c4cnc(CC5CCN(CC(F)F)CC5)nc4)ncn3)cccc12. The van der Waals surface area contributed by atoms with Gasteiger partial charge >= 0.3 is 0 Å². The van der Waals surface area contributed by atoms with Crippen molar-refractivity contribution >= 4 is 22.6 Å². The largest absolute Gasteiger partial charge is 0.369 e. The lowest BCUT2D eigenvalue weighted by Gasteiger charge is -2.31. The number of fused-ring (bicyclic) bond motifs is 1. The number of para-hydroxylation sites is 1. The first-order chi connectivity index (χ1) is 19.9. The predicted molar refractivity (Wildman–Crippen MR) is 154 cm³/mol. The molecule has 1 aliphatic heterocycles. The second-order valence-corrected chi connectivity index (χ2v) is 10.5. The fraction of sp³-hybridized carbons (Fsp3) is 0.400. The highest BCUT2D eigenvalue weighted by Gasteiger charge is 2.22.